The second kappa shape index (κ2) is 3.94. The van der Waals surface area contributed by atoms with Crippen LogP contribution in [0.25, 0.3) is 0 Å². The maximum Gasteiger partial charge on any atom is 0.217 e. The zero-order valence-electron chi connectivity index (χ0n) is 8.55. The molecule has 1 aromatic carbocycles. The first kappa shape index (κ1) is 11.2. The molecule has 0 radical (unpaired) electrons. The molecule has 0 saturated heterocycles. The average molecular weight is 336 g/mol. The molecule has 0 fully saturated rings. The summed E-state index contributed by atoms with van der Waals surface area (Å²) in [7, 11) is 0. The van der Waals surface area contributed by atoms with Crippen molar-refractivity contribution in [3.8, 4) is 0 Å². The van der Waals surface area contributed by atoms with E-state index in [9.17, 15) is 0 Å². The second-order valence-electron chi connectivity index (χ2n) is 4.14. The van der Waals surface area contributed by atoms with Crippen molar-refractivity contribution in [2.24, 2.45) is 4.99 Å². The summed E-state index contributed by atoms with van der Waals surface area (Å²) in [6.45, 7) is 4.76. The molecule has 1 heterocycles. The molecule has 15 heavy (non-hydrogen) atoms. The number of benzene rings is 1. The topological polar surface area (TPSA) is 21.6 Å². The molecule has 0 unspecified atom stereocenters. The Labute approximate surface area is 108 Å². The number of halogens is 2. The van der Waals surface area contributed by atoms with Crippen LogP contribution >= 0.6 is 34.2 Å². The Morgan fingerprint density at radius 3 is 2.73 bits per heavy atom. The lowest BCUT2D eigenvalue weighted by Crippen LogP contribution is -2.17. The van der Waals surface area contributed by atoms with E-state index in [0.717, 1.165) is 20.1 Å². The Kier molecular flexibility index (Phi) is 2.94. The molecule has 1 aliphatic rings. The van der Waals surface area contributed by atoms with Gasteiger partial charge in [-0.2, -0.15) is 0 Å². The van der Waals surface area contributed by atoms with Gasteiger partial charge in [0.05, 0.1) is 5.54 Å². The van der Waals surface area contributed by atoms with Crippen LogP contribution in [0.2, 0.25) is 5.02 Å². The molecule has 0 N–H and O–H groups in total. The third-order valence-electron chi connectivity index (χ3n) is 2.13. The lowest BCUT2D eigenvalue weighted by Gasteiger charge is -2.07. The van der Waals surface area contributed by atoms with Crippen molar-refractivity contribution in [3.63, 3.8) is 0 Å². The summed E-state index contributed by atoms with van der Waals surface area (Å²) in [6, 6.07) is 5.72. The fourth-order valence-corrected chi connectivity index (χ4v) is 2.49. The van der Waals surface area contributed by atoms with Crippen molar-refractivity contribution >= 4 is 40.1 Å². The van der Waals surface area contributed by atoms with Gasteiger partial charge in [-0.15, -0.1) is 0 Å². The van der Waals surface area contributed by atoms with Crippen molar-refractivity contribution in [3.05, 3.63) is 32.4 Å². The third-order valence-corrected chi connectivity index (χ3v) is 3.26. The molecule has 0 atom stereocenters. The number of hydrogen-bond donors (Lipinski definition) is 0. The molecule has 2 rings (SSSR count). The summed E-state index contributed by atoms with van der Waals surface area (Å²) in [5.41, 5.74) is 0.906. The van der Waals surface area contributed by atoms with E-state index in [1.807, 2.05) is 18.2 Å². The van der Waals surface area contributed by atoms with Gasteiger partial charge in [-0.25, -0.2) is 4.99 Å². The van der Waals surface area contributed by atoms with Gasteiger partial charge in [-0.1, -0.05) is 11.6 Å². The normalized spacial score (nSPS) is 18.5. The zero-order valence-corrected chi connectivity index (χ0v) is 11.5. The van der Waals surface area contributed by atoms with Gasteiger partial charge in [0, 0.05) is 14.2 Å². The SMILES string of the molecule is CC1(C)COC(c2ccc(Cl)cc2I)=N1. The summed E-state index contributed by atoms with van der Waals surface area (Å²) >= 11 is 8.14. The number of nitrogens with zero attached hydrogens (tertiary/aromatic N) is 1. The summed E-state index contributed by atoms with van der Waals surface area (Å²) in [5, 5.41) is 0.737. The van der Waals surface area contributed by atoms with Gasteiger partial charge in [0.2, 0.25) is 5.90 Å². The maximum absolute atomic E-state index is 5.89. The largest absolute Gasteiger partial charge is 0.475 e. The van der Waals surface area contributed by atoms with E-state index in [2.05, 4.69) is 41.4 Å². The van der Waals surface area contributed by atoms with E-state index in [-0.39, 0.29) is 5.54 Å². The number of rotatable bonds is 1. The predicted octanol–water partition coefficient (Wildman–Crippen LogP) is 3.50. The monoisotopic (exact) mass is 335 g/mol. The average Bonchev–Trinajstić information content (AvgIpc) is 2.46. The first-order chi connectivity index (χ1) is 6.98. The first-order valence-corrected chi connectivity index (χ1v) is 6.12. The molecule has 0 spiro atoms. The summed E-state index contributed by atoms with van der Waals surface area (Å²) < 4.78 is 6.64. The minimum atomic E-state index is -0.113. The minimum Gasteiger partial charge on any atom is -0.475 e. The molecule has 2 nitrogen and oxygen atoms in total. The van der Waals surface area contributed by atoms with E-state index in [4.69, 9.17) is 16.3 Å². The number of ether oxygens (including phenoxy) is 1. The summed E-state index contributed by atoms with van der Waals surface area (Å²) in [4.78, 5) is 4.53. The van der Waals surface area contributed by atoms with Crippen molar-refractivity contribution in [1.82, 2.24) is 0 Å². The van der Waals surface area contributed by atoms with Gasteiger partial charge in [0.25, 0.3) is 0 Å². The standard InChI is InChI=1S/C11H11ClINO/c1-11(2)6-15-10(14-11)8-4-3-7(12)5-9(8)13/h3-5H,6H2,1-2H3. The van der Waals surface area contributed by atoms with Crippen LogP contribution in [0.1, 0.15) is 19.4 Å². The molecule has 0 saturated carbocycles. The lowest BCUT2D eigenvalue weighted by atomic mass is 10.1. The van der Waals surface area contributed by atoms with Crippen LogP contribution < -0.4 is 0 Å². The van der Waals surface area contributed by atoms with E-state index < -0.39 is 0 Å². The van der Waals surface area contributed by atoms with E-state index in [0.29, 0.717) is 6.61 Å². The minimum absolute atomic E-state index is 0.113. The van der Waals surface area contributed by atoms with E-state index >= 15 is 0 Å². The van der Waals surface area contributed by atoms with Crippen LogP contribution in [0.5, 0.6) is 0 Å². The number of hydrogen-bond acceptors (Lipinski definition) is 2. The summed E-state index contributed by atoms with van der Waals surface area (Å²) in [5.74, 6) is 0.723. The van der Waals surface area contributed by atoms with Crippen molar-refractivity contribution < 1.29 is 4.74 Å². The molecule has 1 aromatic rings. The van der Waals surface area contributed by atoms with Gasteiger partial charge < -0.3 is 4.74 Å². The van der Waals surface area contributed by atoms with Crippen LogP contribution in [-0.4, -0.2) is 18.0 Å². The van der Waals surface area contributed by atoms with Crippen molar-refractivity contribution in [2.45, 2.75) is 19.4 Å². The Hall–Kier alpha value is -0.290. The Morgan fingerprint density at radius 1 is 1.47 bits per heavy atom. The highest BCUT2D eigenvalue weighted by molar-refractivity contribution is 14.1. The lowest BCUT2D eigenvalue weighted by molar-refractivity contribution is 0.279. The fraction of sp³-hybridized carbons (Fsp3) is 0.364. The molecule has 80 valence electrons. The van der Waals surface area contributed by atoms with Crippen LogP contribution in [0.4, 0.5) is 0 Å². The van der Waals surface area contributed by atoms with Crippen LogP contribution in [0.3, 0.4) is 0 Å². The van der Waals surface area contributed by atoms with Crippen LogP contribution in [-0.2, 0) is 4.74 Å². The highest BCUT2D eigenvalue weighted by Gasteiger charge is 2.27. The number of aliphatic imine (C=N–C) groups is 1. The van der Waals surface area contributed by atoms with Crippen LogP contribution in [0, 0.1) is 3.57 Å². The van der Waals surface area contributed by atoms with Gasteiger partial charge in [0.1, 0.15) is 6.61 Å². The van der Waals surface area contributed by atoms with Gasteiger partial charge in [-0.3, -0.25) is 0 Å². The zero-order chi connectivity index (χ0) is 11.1. The molecule has 0 bridgehead atoms. The molecule has 0 aromatic heterocycles. The van der Waals surface area contributed by atoms with Gasteiger partial charge in [-0.05, 0) is 54.6 Å². The molecule has 4 heteroatoms. The quantitative estimate of drug-likeness (QED) is 0.720. The Balaban J connectivity index is 2.39. The predicted molar refractivity (Wildman–Crippen MR) is 70.7 cm³/mol. The van der Waals surface area contributed by atoms with Gasteiger partial charge >= 0.3 is 0 Å². The molecule has 0 aliphatic carbocycles. The Bertz CT molecular complexity index is 429. The van der Waals surface area contributed by atoms with Crippen molar-refractivity contribution in [2.75, 3.05) is 6.61 Å². The Morgan fingerprint density at radius 2 is 2.20 bits per heavy atom. The second-order valence-corrected chi connectivity index (χ2v) is 5.74. The summed E-state index contributed by atoms with van der Waals surface area (Å²) in [6.07, 6.45) is 0. The van der Waals surface area contributed by atoms with E-state index in [1.54, 1.807) is 0 Å². The molecule has 0 amide bonds. The molecular weight excluding hydrogens is 324 g/mol. The van der Waals surface area contributed by atoms with Crippen LogP contribution in [0.15, 0.2) is 23.2 Å². The van der Waals surface area contributed by atoms with Gasteiger partial charge in [0.15, 0.2) is 0 Å². The molecule has 1 aliphatic heterocycles. The highest BCUT2D eigenvalue weighted by atomic mass is 127. The smallest absolute Gasteiger partial charge is 0.217 e. The van der Waals surface area contributed by atoms with E-state index in [1.165, 1.54) is 0 Å². The molecular formula is C11H11ClINO. The fourth-order valence-electron chi connectivity index (χ4n) is 1.39. The van der Waals surface area contributed by atoms with Crippen molar-refractivity contribution in [1.29, 1.82) is 0 Å². The first-order valence-electron chi connectivity index (χ1n) is 4.66. The third kappa shape index (κ3) is 2.45. The maximum atomic E-state index is 5.89. The highest BCUT2D eigenvalue weighted by Crippen LogP contribution is 2.25.